The molecule has 6 heteroatoms. The maximum atomic E-state index is 11.9. The van der Waals surface area contributed by atoms with Gasteiger partial charge in [0.2, 0.25) is 11.8 Å². The van der Waals surface area contributed by atoms with Gasteiger partial charge in [0.25, 0.3) is 0 Å². The van der Waals surface area contributed by atoms with E-state index in [2.05, 4.69) is 15.6 Å². The molecule has 1 heterocycles. The van der Waals surface area contributed by atoms with Crippen LogP contribution >= 0.6 is 11.6 Å². The molecule has 5 nitrogen and oxygen atoms in total. The lowest BCUT2D eigenvalue weighted by Gasteiger charge is -2.08. The van der Waals surface area contributed by atoms with Crippen molar-refractivity contribution in [3.05, 3.63) is 70.9 Å². The van der Waals surface area contributed by atoms with Crippen molar-refractivity contribution in [1.82, 2.24) is 15.6 Å². The zero-order valence-corrected chi connectivity index (χ0v) is 15.0. The van der Waals surface area contributed by atoms with Gasteiger partial charge in [-0.15, -0.1) is 0 Å². The van der Waals surface area contributed by atoms with E-state index in [1.807, 2.05) is 48.7 Å². The van der Waals surface area contributed by atoms with Crippen LogP contribution in [0.5, 0.6) is 0 Å². The number of fused-ring (bicyclic) bond motifs is 1. The van der Waals surface area contributed by atoms with E-state index in [1.165, 1.54) is 0 Å². The topological polar surface area (TPSA) is 74.0 Å². The number of aromatic amines is 1. The Morgan fingerprint density at radius 2 is 1.65 bits per heavy atom. The van der Waals surface area contributed by atoms with E-state index in [0.717, 1.165) is 22.0 Å². The van der Waals surface area contributed by atoms with Gasteiger partial charge in [0.1, 0.15) is 6.42 Å². The summed E-state index contributed by atoms with van der Waals surface area (Å²) < 4.78 is 0. The first-order chi connectivity index (χ1) is 12.6. The molecule has 3 N–H and O–H groups in total. The Labute approximate surface area is 156 Å². The summed E-state index contributed by atoms with van der Waals surface area (Å²) in [5, 5.41) is 7.24. The third-order valence-corrected chi connectivity index (χ3v) is 4.52. The molecule has 0 aliphatic heterocycles. The fraction of sp³-hybridized carbons (Fsp3) is 0.200. The molecule has 3 aromatic rings. The molecule has 1 aromatic heterocycles. The number of amides is 2. The van der Waals surface area contributed by atoms with E-state index in [1.54, 1.807) is 6.07 Å². The van der Waals surface area contributed by atoms with Crippen LogP contribution in [0.15, 0.2) is 54.7 Å². The van der Waals surface area contributed by atoms with Gasteiger partial charge in [0, 0.05) is 35.2 Å². The summed E-state index contributed by atoms with van der Waals surface area (Å²) in [7, 11) is 0. The van der Waals surface area contributed by atoms with Gasteiger partial charge in [-0.25, -0.2) is 0 Å². The highest BCUT2D eigenvalue weighted by Crippen LogP contribution is 2.17. The molecule has 0 atom stereocenters. The van der Waals surface area contributed by atoms with Gasteiger partial charge in [-0.2, -0.15) is 0 Å². The highest BCUT2D eigenvalue weighted by Gasteiger charge is 2.10. The average Bonchev–Trinajstić information content (AvgIpc) is 3.04. The van der Waals surface area contributed by atoms with Crippen molar-refractivity contribution in [2.24, 2.45) is 0 Å². The Hall–Kier alpha value is -2.79. The van der Waals surface area contributed by atoms with Crippen LogP contribution < -0.4 is 10.6 Å². The molecule has 0 unspecified atom stereocenters. The van der Waals surface area contributed by atoms with Crippen molar-refractivity contribution < 1.29 is 9.59 Å². The Morgan fingerprint density at radius 3 is 2.50 bits per heavy atom. The van der Waals surface area contributed by atoms with E-state index in [-0.39, 0.29) is 18.2 Å². The van der Waals surface area contributed by atoms with Crippen molar-refractivity contribution in [1.29, 1.82) is 0 Å². The van der Waals surface area contributed by atoms with Crippen LogP contribution in [0.2, 0.25) is 5.02 Å². The van der Waals surface area contributed by atoms with Gasteiger partial charge in [-0.1, -0.05) is 48.0 Å². The van der Waals surface area contributed by atoms with Gasteiger partial charge in [0.15, 0.2) is 0 Å². The van der Waals surface area contributed by atoms with E-state index in [0.29, 0.717) is 24.5 Å². The lowest BCUT2D eigenvalue weighted by Crippen LogP contribution is -2.32. The number of hydrogen-bond acceptors (Lipinski definition) is 2. The summed E-state index contributed by atoms with van der Waals surface area (Å²) in [6.45, 7) is 0.791. The Bertz CT molecular complexity index is 920. The van der Waals surface area contributed by atoms with Crippen LogP contribution in [0.25, 0.3) is 10.9 Å². The van der Waals surface area contributed by atoms with E-state index in [9.17, 15) is 9.59 Å². The fourth-order valence-corrected chi connectivity index (χ4v) is 2.98. The van der Waals surface area contributed by atoms with Crippen molar-refractivity contribution in [3.8, 4) is 0 Å². The zero-order valence-electron chi connectivity index (χ0n) is 14.2. The minimum atomic E-state index is -0.325. The molecule has 2 aromatic carbocycles. The molecular formula is C20H20ClN3O2. The lowest BCUT2D eigenvalue weighted by molar-refractivity contribution is -0.129. The normalized spacial score (nSPS) is 10.7. The van der Waals surface area contributed by atoms with Crippen LogP contribution in [0.3, 0.4) is 0 Å². The smallest absolute Gasteiger partial charge is 0.229 e. The minimum absolute atomic E-state index is 0.196. The van der Waals surface area contributed by atoms with Gasteiger partial charge in [0.05, 0.1) is 0 Å². The first-order valence-electron chi connectivity index (χ1n) is 8.45. The number of halogens is 1. The van der Waals surface area contributed by atoms with E-state index < -0.39 is 0 Å². The molecule has 0 saturated carbocycles. The maximum absolute atomic E-state index is 11.9. The second kappa shape index (κ2) is 8.54. The molecule has 134 valence electrons. The molecule has 0 aliphatic carbocycles. The second-order valence-corrected chi connectivity index (χ2v) is 6.41. The van der Waals surface area contributed by atoms with Gasteiger partial charge in [-0.05, 0) is 29.7 Å². The molecule has 3 rings (SSSR count). The minimum Gasteiger partial charge on any atom is -0.361 e. The first kappa shape index (κ1) is 18.0. The monoisotopic (exact) mass is 369 g/mol. The Kier molecular flexibility index (Phi) is 5.92. The average molecular weight is 370 g/mol. The molecule has 2 amide bonds. The van der Waals surface area contributed by atoms with Crippen LogP contribution in [-0.4, -0.2) is 23.3 Å². The lowest BCUT2D eigenvalue weighted by atomic mass is 10.1. The summed E-state index contributed by atoms with van der Waals surface area (Å²) in [6, 6.07) is 15.3. The van der Waals surface area contributed by atoms with Gasteiger partial charge >= 0.3 is 0 Å². The summed E-state index contributed by atoms with van der Waals surface area (Å²) in [6.07, 6.45) is 2.46. The summed E-state index contributed by atoms with van der Waals surface area (Å²) >= 11 is 6.04. The Morgan fingerprint density at radius 1 is 0.923 bits per heavy atom. The predicted molar refractivity (Wildman–Crippen MR) is 103 cm³/mol. The molecule has 0 bridgehead atoms. The number of aromatic nitrogens is 1. The number of benzene rings is 2. The van der Waals surface area contributed by atoms with Crippen molar-refractivity contribution in [2.75, 3.05) is 6.54 Å². The number of nitrogens with one attached hydrogen (secondary N) is 3. The van der Waals surface area contributed by atoms with E-state index in [4.69, 9.17) is 11.6 Å². The SMILES string of the molecule is O=C(CC(=O)NCc1ccccc1Cl)NCCc1c[nH]c2ccccc12. The third kappa shape index (κ3) is 4.64. The number of carbonyl (C=O) groups excluding carboxylic acids is 2. The van der Waals surface area contributed by atoms with E-state index >= 15 is 0 Å². The van der Waals surface area contributed by atoms with Crippen LogP contribution in [0.4, 0.5) is 0 Å². The van der Waals surface area contributed by atoms with Crippen molar-refractivity contribution in [3.63, 3.8) is 0 Å². The summed E-state index contributed by atoms with van der Waals surface area (Å²) in [5.74, 6) is -0.615. The van der Waals surface area contributed by atoms with Crippen LogP contribution in [0.1, 0.15) is 17.5 Å². The maximum Gasteiger partial charge on any atom is 0.229 e. The molecule has 0 radical (unpaired) electrons. The third-order valence-electron chi connectivity index (χ3n) is 4.15. The quantitative estimate of drug-likeness (QED) is 0.559. The molecule has 0 saturated heterocycles. The zero-order chi connectivity index (χ0) is 18.4. The fourth-order valence-electron chi connectivity index (χ4n) is 2.78. The van der Waals surface area contributed by atoms with Crippen molar-refractivity contribution in [2.45, 2.75) is 19.4 Å². The highest BCUT2D eigenvalue weighted by atomic mass is 35.5. The number of rotatable bonds is 7. The molecule has 0 spiro atoms. The molecule has 0 aliphatic rings. The second-order valence-electron chi connectivity index (χ2n) is 6.00. The largest absolute Gasteiger partial charge is 0.361 e. The van der Waals surface area contributed by atoms with Gasteiger partial charge in [-0.3, -0.25) is 9.59 Å². The van der Waals surface area contributed by atoms with Crippen LogP contribution in [-0.2, 0) is 22.6 Å². The summed E-state index contributed by atoms with van der Waals surface area (Å²) in [4.78, 5) is 27.0. The first-order valence-corrected chi connectivity index (χ1v) is 8.83. The number of para-hydroxylation sites is 1. The predicted octanol–water partition coefficient (Wildman–Crippen LogP) is 3.19. The summed E-state index contributed by atoms with van der Waals surface area (Å²) in [5.41, 5.74) is 3.04. The molecule has 0 fully saturated rings. The number of H-pyrrole nitrogens is 1. The van der Waals surface area contributed by atoms with Crippen LogP contribution in [0, 0.1) is 0 Å². The van der Waals surface area contributed by atoms with Gasteiger partial charge < -0.3 is 15.6 Å². The number of carbonyl (C=O) groups is 2. The molecule has 26 heavy (non-hydrogen) atoms. The highest BCUT2D eigenvalue weighted by molar-refractivity contribution is 6.31. The standard InChI is InChI=1S/C20H20ClN3O2/c21-17-7-3-1-5-15(17)13-24-20(26)11-19(25)22-10-9-14-12-23-18-8-4-2-6-16(14)18/h1-8,12,23H,9-11,13H2,(H,22,25)(H,24,26). The Balaban J connectivity index is 1.41. The van der Waals surface area contributed by atoms with Crippen molar-refractivity contribution >= 4 is 34.3 Å². The molecular weight excluding hydrogens is 350 g/mol. The number of hydrogen-bond donors (Lipinski definition) is 3.